The van der Waals surface area contributed by atoms with Crippen molar-refractivity contribution in [1.82, 2.24) is 9.80 Å². The molecule has 0 spiro atoms. The minimum atomic E-state index is -0.502. The van der Waals surface area contributed by atoms with Crippen molar-refractivity contribution in [2.24, 2.45) is 0 Å². The summed E-state index contributed by atoms with van der Waals surface area (Å²) in [6.07, 6.45) is 0. The number of fused-ring (bicyclic) bond motifs is 2. The Morgan fingerprint density at radius 1 is 0.569 bits per heavy atom. The summed E-state index contributed by atoms with van der Waals surface area (Å²) >= 11 is 3.66. The van der Waals surface area contributed by atoms with Crippen molar-refractivity contribution in [1.29, 1.82) is 0 Å². The second-order valence-corrected chi connectivity index (χ2v) is 12.0. The number of phenols is 2. The molecule has 0 radical (unpaired) electrons. The monoisotopic (exact) mass is 801 g/mol. The maximum absolute atomic E-state index is 13.4. The van der Waals surface area contributed by atoms with Gasteiger partial charge in [-0.2, -0.15) is 0 Å². The molecule has 0 aromatic heterocycles. The molecule has 0 saturated carbocycles. The predicted octanol–water partition coefficient (Wildman–Crippen LogP) is 8.37. The average molecular weight is 803 g/mol. The molecule has 0 unspecified atom stereocenters. The first kappa shape index (κ1) is 41.1. The molecule has 0 aliphatic rings. The van der Waals surface area contributed by atoms with E-state index in [2.05, 4.69) is 73.8 Å². The van der Waals surface area contributed by atoms with E-state index in [9.17, 15) is 19.8 Å². The topological polar surface area (TPSA) is 105 Å². The molecule has 6 rings (SSSR count). The first-order valence-corrected chi connectivity index (χ1v) is 17.1. The van der Waals surface area contributed by atoms with E-state index in [4.69, 9.17) is 0 Å². The van der Waals surface area contributed by atoms with Gasteiger partial charge in [-0.1, -0.05) is 84.9 Å². The van der Waals surface area contributed by atoms with Crippen LogP contribution < -0.4 is 10.6 Å². The standard InChI is InChI=1S/C34H24N2O4.C6H16N2.ClH.2Cu/c37-31-27(33(39)35-23-13-3-1-4-14-23)19-21-11-7-9-17-25(21)29(31)30-26-18-10-8-12-22(26)20-28(32(30)38)34(40)36-24-15-5-2-6-16-24;1-7(2)5-6-8(3)4;;;/h1-20,37-38H,(H,35,39)(H,36,40);5-6H2,1-4H3;1H;;/q;;;2*+1/p-1. The number of benzene rings is 6. The molecule has 0 bridgehead atoms. The second-order valence-electron chi connectivity index (χ2n) is 12.0. The van der Waals surface area contributed by atoms with Gasteiger partial charge in [0.05, 0.1) is 11.1 Å². The van der Waals surface area contributed by atoms with Gasteiger partial charge in [0.15, 0.2) is 0 Å². The number of aromatic hydroxyl groups is 2. The van der Waals surface area contributed by atoms with Gasteiger partial charge in [-0.05, 0) is 86.1 Å². The minimum Gasteiger partial charge on any atom is 1.00 e. The number of hydrogen-bond acceptors (Lipinski definition) is 6. The second kappa shape index (κ2) is 19.9. The maximum atomic E-state index is 13.4. The molecule has 6 aromatic rings. The fourth-order valence-electron chi connectivity index (χ4n) is 5.37. The summed E-state index contributed by atoms with van der Waals surface area (Å²) in [5.41, 5.74) is 1.77. The smallest absolute Gasteiger partial charge is 1.00 e. The summed E-state index contributed by atoms with van der Waals surface area (Å²) in [6, 6.07) is 35.8. The Morgan fingerprint density at radius 3 is 1.22 bits per heavy atom. The van der Waals surface area contributed by atoms with Gasteiger partial charge in [-0.15, -0.1) is 0 Å². The number of carbonyl (C=O) groups is 2. The number of halogens is 1. The zero-order valence-electron chi connectivity index (χ0n) is 28.5. The molecular weight excluding hydrogens is 763 g/mol. The van der Waals surface area contributed by atoms with E-state index in [0.29, 0.717) is 32.9 Å². The molecule has 51 heavy (non-hydrogen) atoms. The summed E-state index contributed by atoms with van der Waals surface area (Å²) in [7, 11) is 12.5. The molecule has 4 N–H and O–H groups in total. The maximum Gasteiger partial charge on any atom is 1.00 e. The van der Waals surface area contributed by atoms with E-state index < -0.39 is 11.8 Å². The van der Waals surface area contributed by atoms with Crippen molar-refractivity contribution in [3.8, 4) is 22.6 Å². The number of amides is 2. The molecule has 0 aliphatic heterocycles. The molecule has 0 fully saturated rings. The van der Waals surface area contributed by atoms with E-state index in [-0.39, 0.29) is 50.8 Å². The number of rotatable bonds is 8. The molecule has 6 aromatic carbocycles. The zero-order chi connectivity index (χ0) is 36.2. The first-order chi connectivity index (χ1) is 24.1. The van der Waals surface area contributed by atoms with Gasteiger partial charge in [0.2, 0.25) is 0 Å². The molecule has 2 amide bonds. The van der Waals surface area contributed by atoms with Crippen LogP contribution in [0.25, 0.3) is 32.7 Å². The van der Waals surface area contributed by atoms with E-state index in [1.165, 1.54) is 0 Å². The third kappa shape index (κ3) is 10.6. The predicted molar refractivity (Wildman–Crippen MR) is 202 cm³/mol. The van der Waals surface area contributed by atoms with Gasteiger partial charge >= 0.3 is 42.3 Å². The van der Waals surface area contributed by atoms with Crippen LogP contribution >= 0.6 is 10.1 Å². The van der Waals surface area contributed by atoms with Crippen molar-refractivity contribution in [3.63, 3.8) is 0 Å². The van der Waals surface area contributed by atoms with Crippen LogP contribution in [-0.2, 0) is 32.2 Å². The first-order valence-electron chi connectivity index (χ1n) is 15.8. The molecular formula is C40H40ClCu2N4O4+. The van der Waals surface area contributed by atoms with Crippen LogP contribution in [0.15, 0.2) is 121 Å². The van der Waals surface area contributed by atoms with E-state index in [1.54, 1.807) is 60.7 Å². The third-order valence-electron chi connectivity index (χ3n) is 7.84. The molecule has 272 valence electrons. The molecule has 0 aliphatic carbocycles. The number of hydrogen-bond donors (Lipinski definition) is 4. The summed E-state index contributed by atoms with van der Waals surface area (Å²) < 4.78 is 0. The van der Waals surface area contributed by atoms with Crippen molar-refractivity contribution in [3.05, 3.63) is 132 Å². The van der Waals surface area contributed by atoms with Crippen LogP contribution in [0.3, 0.4) is 0 Å². The molecule has 8 nitrogen and oxygen atoms in total. The fraction of sp³-hybridized carbons (Fsp3) is 0.150. The van der Waals surface area contributed by atoms with Gasteiger partial charge in [-0.25, -0.2) is 0 Å². The van der Waals surface area contributed by atoms with E-state index in [1.807, 2.05) is 60.7 Å². The average Bonchev–Trinajstić information content (AvgIpc) is 3.12. The summed E-state index contributed by atoms with van der Waals surface area (Å²) in [4.78, 5) is 31.1. The zero-order valence-corrected chi connectivity index (χ0v) is 31.2. The van der Waals surface area contributed by atoms with Crippen molar-refractivity contribution in [2.45, 2.75) is 0 Å². The number of carbonyl (C=O) groups excluding carboxylic acids is 2. The van der Waals surface area contributed by atoms with Gasteiger partial charge in [0, 0.05) is 35.6 Å². The fourth-order valence-corrected chi connectivity index (χ4v) is 5.37. The Bertz CT molecular complexity index is 1910. The van der Waals surface area contributed by atoms with Gasteiger partial charge < -0.3 is 30.6 Å². The molecule has 11 heteroatoms. The van der Waals surface area contributed by atoms with Gasteiger partial charge in [-0.3, -0.25) is 9.59 Å². The molecule has 0 atom stereocenters. The number of likely N-dealkylation sites (N-methyl/N-ethyl adjacent to an activating group) is 2. The van der Waals surface area contributed by atoms with Crippen molar-refractivity contribution < 1.29 is 52.0 Å². The van der Waals surface area contributed by atoms with Crippen molar-refractivity contribution >= 4 is 54.8 Å². The minimum absolute atomic E-state index is 0. The molecule has 0 saturated heterocycles. The van der Waals surface area contributed by atoms with Crippen LogP contribution in [-0.4, -0.2) is 73.1 Å². The van der Waals surface area contributed by atoms with Crippen LogP contribution in [0, 0.1) is 0 Å². The van der Waals surface area contributed by atoms with Gasteiger partial charge in [0.1, 0.15) is 11.5 Å². The Hall–Kier alpha value is -4.37. The number of para-hydroxylation sites is 2. The van der Waals surface area contributed by atoms with Crippen LogP contribution in [0.5, 0.6) is 11.5 Å². The van der Waals surface area contributed by atoms with Crippen LogP contribution in [0.2, 0.25) is 0 Å². The summed E-state index contributed by atoms with van der Waals surface area (Å²) in [5.74, 6) is -1.60. The normalized spacial score (nSPS) is 10.5. The third-order valence-corrected chi connectivity index (χ3v) is 7.84. The summed E-state index contributed by atoms with van der Waals surface area (Å²) in [5, 5.41) is 31.6. The van der Waals surface area contributed by atoms with Crippen LogP contribution in [0.4, 0.5) is 11.4 Å². The van der Waals surface area contributed by atoms with Crippen molar-refractivity contribution in [2.75, 3.05) is 51.9 Å². The number of phenolic OH excluding ortho intramolecular Hbond substituents is 2. The quantitative estimate of drug-likeness (QED) is 0.115. The number of nitrogens with zero attached hydrogens (tertiary/aromatic N) is 2. The Balaban J connectivity index is 0.000000566. The largest absolute Gasteiger partial charge is 1.00 e. The van der Waals surface area contributed by atoms with Crippen LogP contribution in [0.1, 0.15) is 20.7 Å². The Morgan fingerprint density at radius 2 is 0.882 bits per heavy atom. The SMILES string of the molecule is CN(C)CCN(C)C.O=C(Nc1ccccc1)c1cc2ccccc2c(-c2c(O)c(C(=O)Nc3ccccc3)cc3ccccc23)c1O.[Cl][Cu].[Cu+]. The Kier molecular flexibility index (Phi) is 16.0. The molecule has 0 heterocycles. The van der Waals surface area contributed by atoms with Gasteiger partial charge in [0.25, 0.3) is 11.8 Å². The van der Waals surface area contributed by atoms with E-state index in [0.717, 1.165) is 13.1 Å². The summed E-state index contributed by atoms with van der Waals surface area (Å²) in [6.45, 7) is 2.29. The number of nitrogens with one attached hydrogen (secondary N) is 2. The number of anilines is 2. The Labute approximate surface area is 321 Å². The van der Waals surface area contributed by atoms with E-state index >= 15 is 0 Å².